The van der Waals surface area contributed by atoms with Crippen molar-refractivity contribution >= 4 is 11.7 Å². The van der Waals surface area contributed by atoms with Crippen molar-refractivity contribution in [1.29, 1.82) is 0 Å². The summed E-state index contributed by atoms with van der Waals surface area (Å²) in [6.07, 6.45) is 0.0472. The number of H-pyrrole nitrogens is 1. The first-order valence-corrected chi connectivity index (χ1v) is 11.3. The predicted octanol–water partition coefficient (Wildman–Crippen LogP) is 3.30. The molecule has 1 saturated heterocycles. The number of benzene rings is 1. The van der Waals surface area contributed by atoms with Crippen molar-refractivity contribution in [3.8, 4) is 0 Å². The van der Waals surface area contributed by atoms with E-state index in [9.17, 15) is 18.0 Å². The molecule has 2 aliphatic heterocycles. The Morgan fingerprint density at radius 1 is 1.06 bits per heavy atom. The molecule has 3 heterocycles. The Hall–Kier alpha value is -2.61. The molecule has 1 amide bonds. The van der Waals surface area contributed by atoms with Crippen LogP contribution >= 0.6 is 0 Å². The molecule has 1 aromatic carbocycles. The van der Waals surface area contributed by atoms with Crippen LogP contribution < -0.4 is 15.2 Å². The van der Waals surface area contributed by atoms with Crippen LogP contribution in [0.3, 0.4) is 0 Å². The summed E-state index contributed by atoms with van der Waals surface area (Å²) < 4.78 is 38.1. The van der Waals surface area contributed by atoms with E-state index in [0.29, 0.717) is 38.3 Å². The summed E-state index contributed by atoms with van der Waals surface area (Å²) in [6, 6.07) is 11.1. The number of carbonyl (C=O) groups is 1. The Labute approximate surface area is 186 Å². The van der Waals surface area contributed by atoms with Crippen molar-refractivity contribution < 1.29 is 22.9 Å². The van der Waals surface area contributed by atoms with E-state index < -0.39 is 11.7 Å². The third-order valence-electron chi connectivity index (χ3n) is 6.49. The van der Waals surface area contributed by atoms with Crippen molar-refractivity contribution in [2.24, 2.45) is 5.92 Å². The highest BCUT2D eigenvalue weighted by atomic mass is 19.4. The molecule has 172 valence electrons. The van der Waals surface area contributed by atoms with Gasteiger partial charge in [0, 0.05) is 38.2 Å². The van der Waals surface area contributed by atoms with Gasteiger partial charge in [0.25, 0.3) is 5.82 Å². The fourth-order valence-corrected chi connectivity index (χ4v) is 4.58. The van der Waals surface area contributed by atoms with Crippen molar-refractivity contribution in [3.05, 3.63) is 59.3 Å². The lowest BCUT2D eigenvalue weighted by atomic mass is 9.96. The Kier molecular flexibility index (Phi) is 6.98. The molecular weight excluding hydrogens is 417 g/mol. The van der Waals surface area contributed by atoms with E-state index in [1.807, 2.05) is 4.90 Å². The number of nitrogens with zero attached hydrogens (tertiary/aromatic N) is 2. The Morgan fingerprint density at radius 3 is 2.50 bits per heavy atom. The molecule has 0 atom stereocenters. The molecule has 2 N–H and O–H groups in total. The number of nitrogens with one attached hydrogen (secondary N) is 2. The predicted molar refractivity (Wildman–Crippen MR) is 116 cm³/mol. The summed E-state index contributed by atoms with van der Waals surface area (Å²) in [6.45, 7) is 4.97. The highest BCUT2D eigenvalue weighted by Crippen LogP contribution is 2.29. The highest BCUT2D eigenvalue weighted by molar-refractivity contribution is 5.78. The van der Waals surface area contributed by atoms with Gasteiger partial charge in [0.15, 0.2) is 0 Å². The van der Waals surface area contributed by atoms with Gasteiger partial charge in [-0.1, -0.05) is 24.3 Å². The number of hydrogen-bond acceptors (Lipinski definition) is 3. The van der Waals surface area contributed by atoms with Crippen LogP contribution in [0.4, 0.5) is 19.0 Å². The maximum Gasteiger partial charge on any atom is 0.419 e. The molecule has 0 aliphatic carbocycles. The number of aromatic nitrogens is 1. The number of aromatic amines is 1. The summed E-state index contributed by atoms with van der Waals surface area (Å²) in [5.41, 5.74) is 2.15. The van der Waals surface area contributed by atoms with Crippen LogP contribution in [0, 0.1) is 5.92 Å². The topological polar surface area (TPSA) is 49.7 Å². The molecule has 1 aromatic heterocycles. The van der Waals surface area contributed by atoms with E-state index in [1.165, 1.54) is 17.2 Å². The first-order chi connectivity index (χ1) is 15.4. The number of fused-ring (bicyclic) bond motifs is 1. The van der Waals surface area contributed by atoms with Gasteiger partial charge >= 0.3 is 6.18 Å². The van der Waals surface area contributed by atoms with Gasteiger partial charge in [-0.2, -0.15) is 13.2 Å². The van der Waals surface area contributed by atoms with E-state index >= 15 is 0 Å². The molecule has 4 rings (SSSR count). The SMILES string of the molecule is O=C(NCCCN1CCc2ccccc2C1)C1CCN(c2ccc(C(F)(F)F)c[nH+]2)CC1. The summed E-state index contributed by atoms with van der Waals surface area (Å²) >= 11 is 0. The standard InChI is InChI=1S/C24H29F3N4O/c25-24(26,27)21-6-7-22(29-16-21)31-14-9-19(10-15-31)23(32)28-11-3-12-30-13-8-18-4-1-2-5-20(18)17-30/h1-2,4-7,16,19H,3,8-15,17H2,(H,28,32)/p+1. The van der Waals surface area contributed by atoms with E-state index in [-0.39, 0.29) is 11.8 Å². The minimum atomic E-state index is -4.35. The zero-order valence-corrected chi connectivity index (χ0v) is 18.1. The van der Waals surface area contributed by atoms with Gasteiger partial charge in [0.2, 0.25) is 5.91 Å². The zero-order valence-electron chi connectivity index (χ0n) is 18.1. The molecule has 0 unspecified atom stereocenters. The fourth-order valence-electron chi connectivity index (χ4n) is 4.58. The summed E-state index contributed by atoms with van der Waals surface area (Å²) in [5, 5.41) is 3.07. The summed E-state index contributed by atoms with van der Waals surface area (Å²) in [7, 11) is 0. The van der Waals surface area contributed by atoms with E-state index in [4.69, 9.17) is 0 Å². The molecule has 0 bridgehead atoms. The Balaban J connectivity index is 1.15. The second-order valence-corrected chi connectivity index (χ2v) is 8.66. The lowest BCUT2D eigenvalue weighted by Crippen LogP contribution is -2.42. The smallest absolute Gasteiger partial charge is 0.356 e. The van der Waals surface area contributed by atoms with Crippen molar-refractivity contribution in [1.82, 2.24) is 10.2 Å². The largest absolute Gasteiger partial charge is 0.419 e. The van der Waals surface area contributed by atoms with E-state index in [1.54, 1.807) is 0 Å². The minimum absolute atomic E-state index is 0.0393. The number of carbonyl (C=O) groups excluding carboxylic acids is 1. The van der Waals surface area contributed by atoms with Crippen molar-refractivity contribution in [2.45, 2.75) is 38.4 Å². The normalized spacial score (nSPS) is 17.8. The molecule has 1 fully saturated rings. The third kappa shape index (κ3) is 5.59. The average Bonchev–Trinajstić information content (AvgIpc) is 2.81. The molecule has 32 heavy (non-hydrogen) atoms. The molecular formula is C24H30F3N4O+. The summed E-state index contributed by atoms with van der Waals surface area (Å²) in [5.74, 6) is 0.701. The van der Waals surface area contributed by atoms with Crippen LogP contribution in [0.5, 0.6) is 0 Å². The lowest BCUT2D eigenvalue weighted by Gasteiger charge is -2.29. The number of anilines is 1. The number of alkyl halides is 3. The second kappa shape index (κ2) is 9.90. The number of halogens is 3. The third-order valence-corrected chi connectivity index (χ3v) is 6.49. The van der Waals surface area contributed by atoms with Gasteiger partial charge in [0.1, 0.15) is 6.20 Å². The van der Waals surface area contributed by atoms with Gasteiger partial charge in [-0.25, -0.2) is 4.98 Å². The van der Waals surface area contributed by atoms with Crippen LogP contribution in [0.15, 0.2) is 42.6 Å². The van der Waals surface area contributed by atoms with Gasteiger partial charge in [-0.05, 0) is 42.9 Å². The number of rotatable bonds is 6. The van der Waals surface area contributed by atoms with Gasteiger partial charge in [-0.3, -0.25) is 14.6 Å². The summed E-state index contributed by atoms with van der Waals surface area (Å²) in [4.78, 5) is 19.7. The number of pyridine rings is 1. The van der Waals surface area contributed by atoms with Crippen LogP contribution in [0.25, 0.3) is 0 Å². The van der Waals surface area contributed by atoms with Crippen LogP contribution in [-0.4, -0.2) is 43.5 Å². The fraction of sp³-hybridized carbons (Fsp3) is 0.500. The van der Waals surface area contributed by atoms with Crippen molar-refractivity contribution in [2.75, 3.05) is 37.6 Å². The van der Waals surface area contributed by atoms with Gasteiger partial charge in [0.05, 0.1) is 18.7 Å². The van der Waals surface area contributed by atoms with Crippen LogP contribution in [-0.2, 0) is 23.9 Å². The molecule has 8 heteroatoms. The van der Waals surface area contributed by atoms with Crippen molar-refractivity contribution in [3.63, 3.8) is 0 Å². The Morgan fingerprint density at radius 2 is 1.81 bits per heavy atom. The maximum absolute atomic E-state index is 12.7. The maximum atomic E-state index is 12.7. The zero-order chi connectivity index (χ0) is 22.6. The number of hydrogen-bond donors (Lipinski definition) is 1. The molecule has 5 nitrogen and oxygen atoms in total. The second-order valence-electron chi connectivity index (χ2n) is 8.66. The van der Waals surface area contributed by atoms with Gasteiger partial charge < -0.3 is 5.32 Å². The first kappa shape index (κ1) is 22.6. The molecule has 2 aromatic rings. The highest BCUT2D eigenvalue weighted by Gasteiger charge is 2.33. The Bertz CT molecular complexity index is 908. The van der Waals surface area contributed by atoms with Gasteiger partial charge in [-0.15, -0.1) is 0 Å². The quantitative estimate of drug-likeness (QED) is 0.692. The average molecular weight is 448 g/mol. The molecule has 2 aliphatic rings. The van der Waals surface area contributed by atoms with Crippen LogP contribution in [0.2, 0.25) is 0 Å². The molecule has 0 radical (unpaired) electrons. The number of amides is 1. The minimum Gasteiger partial charge on any atom is -0.356 e. The molecule has 0 saturated carbocycles. The van der Waals surface area contributed by atoms with Crippen LogP contribution in [0.1, 0.15) is 36.0 Å². The first-order valence-electron chi connectivity index (χ1n) is 11.3. The lowest BCUT2D eigenvalue weighted by molar-refractivity contribution is -0.367. The van der Waals surface area contributed by atoms with E-state index in [0.717, 1.165) is 44.7 Å². The monoisotopic (exact) mass is 447 g/mol. The number of piperidine rings is 1. The van der Waals surface area contributed by atoms with E-state index in [2.05, 4.69) is 39.5 Å². The molecule has 0 spiro atoms.